The Bertz CT molecular complexity index is 416. The van der Waals surface area contributed by atoms with Crippen LogP contribution in [0.15, 0.2) is 12.1 Å². The molecule has 16 heavy (non-hydrogen) atoms. The van der Waals surface area contributed by atoms with Crippen LogP contribution in [-0.4, -0.2) is 13.2 Å². The van der Waals surface area contributed by atoms with Gasteiger partial charge in [-0.05, 0) is 25.8 Å². The molecule has 0 amide bonds. The molecule has 0 bridgehead atoms. The fourth-order valence-electron chi connectivity index (χ4n) is 2.19. The Balaban J connectivity index is 2.52. The summed E-state index contributed by atoms with van der Waals surface area (Å²) in [5.74, 6) is 0.0828. The van der Waals surface area contributed by atoms with Crippen molar-refractivity contribution >= 4 is 11.6 Å². The maximum Gasteiger partial charge on any atom is 0.145 e. The molecule has 1 fully saturated rings. The highest BCUT2D eigenvalue weighted by molar-refractivity contribution is 6.30. The predicted molar refractivity (Wildman–Crippen MR) is 62.5 cm³/mol. The molecule has 2 N–H and O–H groups in total. The zero-order valence-electron chi connectivity index (χ0n) is 9.39. The van der Waals surface area contributed by atoms with E-state index < -0.39 is 5.82 Å². The van der Waals surface area contributed by atoms with Crippen LogP contribution in [0.2, 0.25) is 5.02 Å². The maximum atomic E-state index is 13.3. The van der Waals surface area contributed by atoms with Crippen molar-refractivity contribution in [2.24, 2.45) is 5.73 Å². The van der Waals surface area contributed by atoms with Gasteiger partial charge in [-0.25, -0.2) is 4.39 Å². The summed E-state index contributed by atoms with van der Waals surface area (Å²) in [6.45, 7) is 1.96. The summed E-state index contributed by atoms with van der Waals surface area (Å²) in [5.41, 5.74) is 6.83. The molecule has 0 saturated heterocycles. The quantitative estimate of drug-likeness (QED) is 0.886. The Morgan fingerprint density at radius 2 is 2.12 bits per heavy atom. The van der Waals surface area contributed by atoms with Gasteiger partial charge in [-0.3, -0.25) is 0 Å². The molecule has 1 unspecified atom stereocenters. The van der Waals surface area contributed by atoms with Crippen LogP contribution in [-0.2, 0) is 5.41 Å². The monoisotopic (exact) mass is 243 g/mol. The van der Waals surface area contributed by atoms with Crippen molar-refractivity contribution in [1.82, 2.24) is 0 Å². The molecule has 2 rings (SSSR count). The fraction of sp³-hybridized carbons (Fsp3) is 0.500. The van der Waals surface area contributed by atoms with Gasteiger partial charge in [0.2, 0.25) is 0 Å². The summed E-state index contributed by atoms with van der Waals surface area (Å²) in [5, 5.41) is 0.128. The number of ether oxygens (including phenoxy) is 1. The first-order valence-corrected chi connectivity index (χ1v) is 5.68. The van der Waals surface area contributed by atoms with Gasteiger partial charge in [-0.15, -0.1) is 0 Å². The minimum Gasteiger partial charge on any atom is -0.496 e. The molecule has 2 nitrogen and oxygen atoms in total. The predicted octanol–water partition coefficient (Wildman–Crippen LogP) is 2.87. The number of hydrogen-bond acceptors (Lipinski definition) is 2. The van der Waals surface area contributed by atoms with Gasteiger partial charge >= 0.3 is 0 Å². The Kier molecular flexibility index (Phi) is 2.84. The van der Waals surface area contributed by atoms with Crippen LogP contribution < -0.4 is 10.5 Å². The van der Waals surface area contributed by atoms with Crippen LogP contribution in [0.5, 0.6) is 5.75 Å². The third-order valence-electron chi connectivity index (χ3n) is 3.44. The van der Waals surface area contributed by atoms with Crippen LogP contribution >= 0.6 is 11.6 Å². The summed E-state index contributed by atoms with van der Waals surface area (Å²) in [4.78, 5) is 0. The number of rotatable bonds is 3. The van der Waals surface area contributed by atoms with Crippen LogP contribution in [0.1, 0.15) is 25.3 Å². The number of benzene rings is 1. The molecule has 0 spiro atoms. The standard InChI is InChI=1S/C12H15ClFNO/c1-7(15)12(3-4-12)8-5-9(13)10(14)6-11(8)16-2/h5-7H,3-4,15H2,1-2H3. The second-order valence-electron chi connectivity index (χ2n) is 4.41. The molecule has 0 aliphatic heterocycles. The summed E-state index contributed by atoms with van der Waals surface area (Å²) >= 11 is 5.81. The lowest BCUT2D eigenvalue weighted by Crippen LogP contribution is -2.32. The normalized spacial score (nSPS) is 19.3. The van der Waals surface area contributed by atoms with Gasteiger partial charge in [0.05, 0.1) is 12.1 Å². The van der Waals surface area contributed by atoms with Gasteiger partial charge in [-0.1, -0.05) is 11.6 Å². The highest BCUT2D eigenvalue weighted by Crippen LogP contribution is 2.53. The topological polar surface area (TPSA) is 35.2 Å². The smallest absolute Gasteiger partial charge is 0.145 e. The molecular formula is C12H15ClFNO. The Morgan fingerprint density at radius 1 is 1.50 bits per heavy atom. The first kappa shape index (κ1) is 11.7. The van der Waals surface area contributed by atoms with E-state index in [1.54, 1.807) is 6.07 Å². The Morgan fingerprint density at radius 3 is 2.56 bits per heavy atom. The van der Waals surface area contributed by atoms with E-state index >= 15 is 0 Å². The largest absolute Gasteiger partial charge is 0.496 e. The van der Waals surface area contributed by atoms with E-state index in [2.05, 4.69) is 0 Å². The third kappa shape index (κ3) is 1.68. The first-order valence-electron chi connectivity index (χ1n) is 5.30. The van der Waals surface area contributed by atoms with E-state index in [0.29, 0.717) is 5.75 Å². The molecule has 1 aromatic carbocycles. The summed E-state index contributed by atoms with van der Waals surface area (Å²) in [6, 6.07) is 2.99. The van der Waals surface area contributed by atoms with E-state index in [0.717, 1.165) is 18.4 Å². The third-order valence-corrected chi connectivity index (χ3v) is 3.73. The lowest BCUT2D eigenvalue weighted by molar-refractivity contribution is 0.395. The highest BCUT2D eigenvalue weighted by Gasteiger charge is 2.49. The molecule has 1 saturated carbocycles. The average molecular weight is 244 g/mol. The number of nitrogens with two attached hydrogens (primary N) is 1. The van der Waals surface area contributed by atoms with Crippen LogP contribution in [0.25, 0.3) is 0 Å². The van der Waals surface area contributed by atoms with Crippen LogP contribution in [0, 0.1) is 5.82 Å². The van der Waals surface area contributed by atoms with Gasteiger partial charge in [0.25, 0.3) is 0 Å². The molecule has 0 heterocycles. The molecule has 0 aromatic heterocycles. The van der Waals surface area contributed by atoms with E-state index in [9.17, 15) is 4.39 Å². The van der Waals surface area contributed by atoms with Gasteiger partial charge < -0.3 is 10.5 Å². The molecule has 4 heteroatoms. The summed E-state index contributed by atoms with van der Waals surface area (Å²) < 4.78 is 18.5. The average Bonchev–Trinajstić information content (AvgIpc) is 3.02. The second kappa shape index (κ2) is 3.90. The second-order valence-corrected chi connectivity index (χ2v) is 4.82. The van der Waals surface area contributed by atoms with Gasteiger partial charge in [0.1, 0.15) is 11.6 Å². The molecule has 88 valence electrons. The zero-order chi connectivity index (χ0) is 11.9. The van der Waals surface area contributed by atoms with Gasteiger partial charge in [-0.2, -0.15) is 0 Å². The summed E-state index contributed by atoms with van der Waals surface area (Å²) in [6.07, 6.45) is 2.01. The number of methoxy groups -OCH3 is 1. The first-order chi connectivity index (χ1) is 7.51. The lowest BCUT2D eigenvalue weighted by atomic mass is 9.88. The van der Waals surface area contributed by atoms with E-state index in [-0.39, 0.29) is 16.5 Å². The van der Waals surface area contributed by atoms with Crippen LogP contribution in [0.4, 0.5) is 4.39 Å². The van der Waals surface area contributed by atoms with Crippen molar-refractivity contribution in [3.8, 4) is 5.75 Å². The maximum absolute atomic E-state index is 13.3. The van der Waals surface area contributed by atoms with Gasteiger partial charge in [0.15, 0.2) is 0 Å². The minimum atomic E-state index is -0.456. The Hall–Kier alpha value is -0.800. The Labute approximate surface area is 99.5 Å². The van der Waals surface area contributed by atoms with E-state index in [4.69, 9.17) is 22.1 Å². The zero-order valence-corrected chi connectivity index (χ0v) is 10.1. The fourth-order valence-corrected chi connectivity index (χ4v) is 2.35. The van der Waals surface area contributed by atoms with Crippen molar-refractivity contribution < 1.29 is 9.13 Å². The molecule has 1 aliphatic rings. The molecule has 1 atom stereocenters. The highest BCUT2D eigenvalue weighted by atomic mass is 35.5. The lowest BCUT2D eigenvalue weighted by Gasteiger charge is -2.22. The molecular weight excluding hydrogens is 229 g/mol. The van der Waals surface area contributed by atoms with Gasteiger partial charge in [0, 0.05) is 23.1 Å². The van der Waals surface area contributed by atoms with Crippen molar-refractivity contribution in [2.75, 3.05) is 7.11 Å². The van der Waals surface area contributed by atoms with Crippen molar-refractivity contribution in [3.63, 3.8) is 0 Å². The van der Waals surface area contributed by atoms with E-state index in [1.165, 1.54) is 13.2 Å². The van der Waals surface area contributed by atoms with Crippen LogP contribution in [0.3, 0.4) is 0 Å². The van der Waals surface area contributed by atoms with E-state index in [1.807, 2.05) is 6.92 Å². The molecule has 1 aromatic rings. The van der Waals surface area contributed by atoms with Crippen molar-refractivity contribution in [1.29, 1.82) is 0 Å². The number of halogens is 2. The van der Waals surface area contributed by atoms with Crippen molar-refractivity contribution in [3.05, 3.63) is 28.5 Å². The number of hydrogen-bond donors (Lipinski definition) is 1. The molecule has 1 aliphatic carbocycles. The summed E-state index contributed by atoms with van der Waals surface area (Å²) in [7, 11) is 1.53. The minimum absolute atomic E-state index is 0.0166. The molecule has 0 radical (unpaired) electrons. The SMILES string of the molecule is COc1cc(F)c(Cl)cc1C1(C(C)N)CC1. The van der Waals surface area contributed by atoms with Crippen molar-refractivity contribution in [2.45, 2.75) is 31.2 Å².